The number of pyridine rings is 1. The second kappa shape index (κ2) is 8.54. The molecule has 0 amide bonds. The number of fused-ring (bicyclic) bond motifs is 1. The van der Waals surface area contributed by atoms with Crippen LogP contribution in [0.25, 0.3) is 16.9 Å². The van der Waals surface area contributed by atoms with Crippen LogP contribution in [0.3, 0.4) is 0 Å². The molecule has 2 fully saturated rings. The van der Waals surface area contributed by atoms with Crippen LogP contribution in [-0.2, 0) is 9.47 Å². The van der Waals surface area contributed by atoms with Crippen molar-refractivity contribution in [1.82, 2.24) is 25.0 Å². The lowest BCUT2D eigenvalue weighted by molar-refractivity contribution is 0.0343. The summed E-state index contributed by atoms with van der Waals surface area (Å²) in [7, 11) is 1.77. The van der Waals surface area contributed by atoms with E-state index in [9.17, 15) is 0 Å². The maximum atomic E-state index is 5.88. The van der Waals surface area contributed by atoms with E-state index in [0.29, 0.717) is 13.2 Å². The minimum absolute atomic E-state index is 0.240. The Kier molecular flexibility index (Phi) is 5.61. The van der Waals surface area contributed by atoms with Crippen LogP contribution in [0.4, 0.5) is 5.82 Å². The summed E-state index contributed by atoms with van der Waals surface area (Å²) in [6, 6.07) is 4.20. The normalized spacial score (nSPS) is 21.1. The SMILES string of the molecule is COC1(C#Cc2cc(N3CCOC[C@H]3C)nc3c2cnn3-c2ccn[nH]2)CCSCC1. The first-order chi connectivity index (χ1) is 15.2. The Morgan fingerprint density at radius 1 is 1.35 bits per heavy atom. The van der Waals surface area contributed by atoms with Gasteiger partial charge < -0.3 is 14.4 Å². The number of hydrogen-bond acceptors (Lipinski definition) is 7. The molecule has 0 aromatic carbocycles. The predicted molar refractivity (Wildman–Crippen MR) is 122 cm³/mol. The van der Waals surface area contributed by atoms with Crippen LogP contribution >= 0.6 is 11.8 Å². The molecular weight excluding hydrogens is 412 g/mol. The lowest BCUT2D eigenvalue weighted by Gasteiger charge is -2.34. The average molecular weight is 439 g/mol. The highest BCUT2D eigenvalue weighted by atomic mass is 32.2. The smallest absolute Gasteiger partial charge is 0.168 e. The number of ether oxygens (including phenoxy) is 2. The van der Waals surface area contributed by atoms with Crippen LogP contribution < -0.4 is 4.90 Å². The Bertz CT molecular complexity index is 1110. The van der Waals surface area contributed by atoms with Gasteiger partial charge in [0.2, 0.25) is 0 Å². The Morgan fingerprint density at radius 2 is 2.23 bits per heavy atom. The molecule has 1 atom stereocenters. The number of morpholine rings is 1. The molecule has 0 saturated carbocycles. The highest BCUT2D eigenvalue weighted by Gasteiger charge is 2.30. The summed E-state index contributed by atoms with van der Waals surface area (Å²) in [5.41, 5.74) is 1.29. The molecule has 0 radical (unpaired) electrons. The molecule has 5 rings (SSSR count). The van der Waals surface area contributed by atoms with E-state index < -0.39 is 0 Å². The van der Waals surface area contributed by atoms with E-state index in [1.54, 1.807) is 18.0 Å². The molecule has 1 N–H and O–H groups in total. The number of nitrogens with zero attached hydrogens (tertiary/aromatic N) is 5. The fourth-order valence-electron chi connectivity index (χ4n) is 4.11. The molecular formula is C22H26N6O2S. The van der Waals surface area contributed by atoms with Gasteiger partial charge in [-0.25, -0.2) is 4.98 Å². The first kappa shape index (κ1) is 20.4. The zero-order chi connectivity index (χ0) is 21.3. The van der Waals surface area contributed by atoms with E-state index in [1.165, 1.54) is 0 Å². The molecule has 3 aromatic rings. The van der Waals surface area contributed by atoms with Crippen molar-refractivity contribution in [3.05, 3.63) is 30.1 Å². The van der Waals surface area contributed by atoms with Gasteiger partial charge in [-0.3, -0.25) is 5.10 Å². The van der Waals surface area contributed by atoms with Crippen molar-refractivity contribution < 1.29 is 9.47 Å². The highest BCUT2D eigenvalue weighted by Crippen LogP contribution is 2.30. The van der Waals surface area contributed by atoms with Crippen LogP contribution in [0.2, 0.25) is 0 Å². The van der Waals surface area contributed by atoms with Crippen LogP contribution in [0, 0.1) is 11.8 Å². The summed E-state index contributed by atoms with van der Waals surface area (Å²) < 4.78 is 13.3. The number of nitrogens with one attached hydrogen (secondary N) is 1. The summed E-state index contributed by atoms with van der Waals surface area (Å²) in [6.45, 7) is 4.33. The number of H-pyrrole nitrogens is 1. The molecule has 2 saturated heterocycles. The lowest BCUT2D eigenvalue weighted by atomic mass is 9.96. The zero-order valence-corrected chi connectivity index (χ0v) is 18.6. The molecule has 3 aromatic heterocycles. The third-order valence-corrected chi connectivity index (χ3v) is 7.01. The Balaban J connectivity index is 1.64. The molecule has 0 unspecified atom stereocenters. The quantitative estimate of drug-likeness (QED) is 0.630. The van der Waals surface area contributed by atoms with Gasteiger partial charge in [-0.2, -0.15) is 26.6 Å². The predicted octanol–water partition coefficient (Wildman–Crippen LogP) is 2.63. The first-order valence-corrected chi connectivity index (χ1v) is 11.7. The lowest BCUT2D eigenvalue weighted by Crippen LogP contribution is -2.44. The fraction of sp³-hybridized carbons (Fsp3) is 0.500. The zero-order valence-electron chi connectivity index (χ0n) is 17.8. The molecule has 31 heavy (non-hydrogen) atoms. The van der Waals surface area contributed by atoms with Crippen molar-refractivity contribution >= 4 is 28.6 Å². The fourth-order valence-corrected chi connectivity index (χ4v) is 5.26. The van der Waals surface area contributed by atoms with Gasteiger partial charge in [0.15, 0.2) is 11.5 Å². The molecule has 0 aliphatic carbocycles. The Labute approximate surface area is 185 Å². The van der Waals surface area contributed by atoms with Crippen molar-refractivity contribution in [2.45, 2.75) is 31.4 Å². The third kappa shape index (κ3) is 3.91. The highest BCUT2D eigenvalue weighted by molar-refractivity contribution is 7.99. The Morgan fingerprint density at radius 3 is 2.97 bits per heavy atom. The number of aromatic amines is 1. The van der Waals surface area contributed by atoms with E-state index in [1.807, 2.05) is 24.0 Å². The number of hydrogen-bond donors (Lipinski definition) is 1. The second-order valence-electron chi connectivity index (χ2n) is 7.94. The first-order valence-electron chi connectivity index (χ1n) is 10.6. The van der Waals surface area contributed by atoms with E-state index in [-0.39, 0.29) is 11.6 Å². The van der Waals surface area contributed by atoms with Crippen LogP contribution in [0.15, 0.2) is 24.5 Å². The summed E-state index contributed by atoms with van der Waals surface area (Å²) in [5, 5.41) is 12.5. The minimum atomic E-state index is -0.382. The van der Waals surface area contributed by atoms with Gasteiger partial charge in [-0.15, -0.1) is 0 Å². The van der Waals surface area contributed by atoms with Crippen LogP contribution in [0.1, 0.15) is 25.3 Å². The monoisotopic (exact) mass is 438 g/mol. The number of anilines is 1. The van der Waals surface area contributed by atoms with Gasteiger partial charge in [-0.1, -0.05) is 11.8 Å². The summed E-state index contributed by atoms with van der Waals surface area (Å²) in [6.07, 6.45) is 5.42. The van der Waals surface area contributed by atoms with E-state index in [2.05, 4.69) is 45.0 Å². The molecule has 8 nitrogen and oxygen atoms in total. The van der Waals surface area contributed by atoms with Crippen molar-refractivity contribution in [1.29, 1.82) is 0 Å². The number of methoxy groups -OCH3 is 1. The molecule has 0 spiro atoms. The Hall–Kier alpha value is -2.54. The maximum absolute atomic E-state index is 5.88. The molecule has 162 valence electrons. The molecule has 2 aliphatic heterocycles. The number of thioether (sulfide) groups is 1. The molecule has 2 aliphatic rings. The van der Waals surface area contributed by atoms with Gasteiger partial charge in [-0.05, 0) is 37.3 Å². The molecule has 9 heteroatoms. The second-order valence-corrected chi connectivity index (χ2v) is 9.17. The maximum Gasteiger partial charge on any atom is 0.168 e. The summed E-state index contributed by atoms with van der Waals surface area (Å²) in [5.74, 6) is 10.7. The molecule has 0 bridgehead atoms. The third-order valence-electron chi connectivity index (χ3n) is 6.02. The van der Waals surface area contributed by atoms with Gasteiger partial charge >= 0.3 is 0 Å². The summed E-state index contributed by atoms with van der Waals surface area (Å²) in [4.78, 5) is 7.26. The van der Waals surface area contributed by atoms with Gasteiger partial charge in [0, 0.05) is 25.3 Å². The van der Waals surface area contributed by atoms with E-state index in [0.717, 1.165) is 59.1 Å². The van der Waals surface area contributed by atoms with Crippen molar-refractivity contribution in [3.8, 4) is 17.7 Å². The number of aromatic nitrogens is 5. The van der Waals surface area contributed by atoms with Gasteiger partial charge in [0.1, 0.15) is 11.4 Å². The van der Waals surface area contributed by atoms with E-state index >= 15 is 0 Å². The minimum Gasteiger partial charge on any atom is -0.377 e. The van der Waals surface area contributed by atoms with Crippen LogP contribution in [-0.4, -0.2) is 75.0 Å². The van der Waals surface area contributed by atoms with Crippen molar-refractivity contribution in [3.63, 3.8) is 0 Å². The standard InChI is InChI=1S/C22H26N6O2S/c1-16-15-30-10-9-27(16)20-13-17(3-5-22(29-2)6-11-31-12-7-22)18-14-24-28(21(18)25-20)19-4-8-23-26-19/h4,8,13-14,16H,6-7,9-12,15H2,1-2H3,(H,23,26)/t16-/m1/s1. The van der Waals surface area contributed by atoms with Crippen molar-refractivity contribution in [2.24, 2.45) is 0 Å². The summed E-state index contributed by atoms with van der Waals surface area (Å²) >= 11 is 1.96. The van der Waals surface area contributed by atoms with E-state index in [4.69, 9.17) is 14.5 Å². The number of rotatable bonds is 3. The largest absolute Gasteiger partial charge is 0.377 e. The van der Waals surface area contributed by atoms with Crippen LogP contribution in [0.5, 0.6) is 0 Å². The molecule has 5 heterocycles. The average Bonchev–Trinajstić information content (AvgIpc) is 3.48. The van der Waals surface area contributed by atoms with Crippen molar-refractivity contribution in [2.75, 3.05) is 43.3 Å². The van der Waals surface area contributed by atoms with Gasteiger partial charge in [0.25, 0.3) is 0 Å². The van der Waals surface area contributed by atoms with Gasteiger partial charge in [0.05, 0.1) is 37.0 Å². The topological polar surface area (TPSA) is 81.1 Å².